The third-order valence-electron chi connectivity index (χ3n) is 2.53. The van der Waals surface area contributed by atoms with E-state index in [1.807, 2.05) is 13.8 Å². The lowest BCUT2D eigenvalue weighted by Gasteiger charge is -2.14. The molecule has 0 saturated carbocycles. The summed E-state index contributed by atoms with van der Waals surface area (Å²) >= 11 is 3.14. The highest BCUT2D eigenvalue weighted by molar-refractivity contribution is 9.10. The van der Waals surface area contributed by atoms with Crippen molar-refractivity contribution in [3.63, 3.8) is 0 Å². The van der Waals surface area contributed by atoms with Crippen molar-refractivity contribution in [2.75, 3.05) is 5.32 Å². The highest BCUT2D eigenvalue weighted by Crippen LogP contribution is 2.21. The molecule has 1 aromatic carbocycles. The van der Waals surface area contributed by atoms with Gasteiger partial charge in [-0.05, 0) is 46.5 Å². The van der Waals surface area contributed by atoms with Crippen molar-refractivity contribution >= 4 is 33.5 Å². The third kappa shape index (κ3) is 4.65. The molecule has 0 saturated heterocycles. The Kier molecular flexibility index (Phi) is 5.50. The summed E-state index contributed by atoms with van der Waals surface area (Å²) in [6.45, 7) is 3.96. The van der Waals surface area contributed by atoms with Crippen LogP contribution in [0.25, 0.3) is 0 Å². The summed E-state index contributed by atoms with van der Waals surface area (Å²) in [6.07, 6.45) is 0.578. The van der Waals surface area contributed by atoms with E-state index in [1.54, 1.807) is 12.1 Å². The molecule has 104 valence electrons. The van der Waals surface area contributed by atoms with E-state index in [2.05, 4.69) is 21.2 Å². The first-order chi connectivity index (χ1) is 8.81. The normalized spacial score (nSPS) is 12.3. The highest BCUT2D eigenvalue weighted by Gasteiger charge is 2.16. The van der Waals surface area contributed by atoms with Gasteiger partial charge in [-0.2, -0.15) is 0 Å². The Balaban J connectivity index is 2.80. The molecule has 0 bridgehead atoms. The summed E-state index contributed by atoms with van der Waals surface area (Å²) in [5.41, 5.74) is 6.27. The number of hydrogen-bond acceptors (Lipinski definition) is 3. The quantitative estimate of drug-likeness (QED) is 0.774. The SMILES string of the molecule is CC(C)C[C@H](N)C(=O)Nc1ccc(Br)c(C(=O)O)c1. The minimum atomic E-state index is -1.06. The number of nitrogens with one attached hydrogen (secondary N) is 1. The summed E-state index contributed by atoms with van der Waals surface area (Å²) < 4.78 is 0.462. The lowest BCUT2D eigenvalue weighted by molar-refractivity contribution is -0.117. The van der Waals surface area contributed by atoms with E-state index in [-0.39, 0.29) is 11.5 Å². The molecule has 0 aliphatic rings. The Labute approximate surface area is 120 Å². The zero-order chi connectivity index (χ0) is 14.6. The fourth-order valence-corrected chi connectivity index (χ4v) is 2.03. The Hall–Kier alpha value is -1.40. The smallest absolute Gasteiger partial charge is 0.336 e. The second-order valence-corrected chi connectivity index (χ2v) is 5.58. The number of hydrogen-bond donors (Lipinski definition) is 3. The van der Waals surface area contributed by atoms with E-state index in [1.165, 1.54) is 6.07 Å². The van der Waals surface area contributed by atoms with Crippen molar-refractivity contribution in [1.82, 2.24) is 0 Å². The molecular weight excluding hydrogens is 312 g/mol. The minimum absolute atomic E-state index is 0.0928. The molecule has 0 unspecified atom stereocenters. The van der Waals surface area contributed by atoms with E-state index in [0.717, 1.165) is 0 Å². The molecule has 1 atom stereocenters. The molecule has 0 aliphatic heterocycles. The van der Waals surface area contributed by atoms with Crippen molar-refractivity contribution in [2.45, 2.75) is 26.3 Å². The maximum atomic E-state index is 11.8. The molecule has 4 N–H and O–H groups in total. The molecule has 1 rings (SSSR count). The van der Waals surface area contributed by atoms with Gasteiger partial charge in [-0.1, -0.05) is 13.8 Å². The number of halogens is 1. The van der Waals surface area contributed by atoms with Crippen LogP contribution in [0.2, 0.25) is 0 Å². The van der Waals surface area contributed by atoms with E-state index in [0.29, 0.717) is 22.5 Å². The van der Waals surface area contributed by atoms with Gasteiger partial charge in [0.05, 0.1) is 11.6 Å². The number of amides is 1. The first-order valence-electron chi connectivity index (χ1n) is 5.90. The van der Waals surface area contributed by atoms with Gasteiger partial charge in [0.15, 0.2) is 0 Å². The number of anilines is 1. The van der Waals surface area contributed by atoms with Crippen molar-refractivity contribution in [1.29, 1.82) is 0 Å². The average Bonchev–Trinajstić information content (AvgIpc) is 2.30. The number of aromatic carboxylic acids is 1. The van der Waals surface area contributed by atoms with E-state index < -0.39 is 12.0 Å². The zero-order valence-corrected chi connectivity index (χ0v) is 12.4. The predicted octanol–water partition coefficient (Wildman–Crippen LogP) is 2.46. The van der Waals surface area contributed by atoms with Gasteiger partial charge in [0.25, 0.3) is 0 Å². The maximum absolute atomic E-state index is 11.8. The van der Waals surface area contributed by atoms with Gasteiger partial charge in [0, 0.05) is 10.2 Å². The molecule has 6 heteroatoms. The molecular formula is C13H17BrN2O3. The lowest BCUT2D eigenvalue weighted by Crippen LogP contribution is -2.36. The van der Waals surface area contributed by atoms with Crippen LogP contribution in [0, 0.1) is 5.92 Å². The average molecular weight is 329 g/mol. The van der Waals surface area contributed by atoms with Crippen molar-refractivity contribution in [2.24, 2.45) is 11.7 Å². The molecule has 1 aromatic rings. The fraction of sp³-hybridized carbons (Fsp3) is 0.385. The molecule has 1 amide bonds. The second kappa shape index (κ2) is 6.68. The number of carbonyl (C=O) groups excluding carboxylic acids is 1. The van der Waals surface area contributed by atoms with Crippen LogP contribution in [0.4, 0.5) is 5.69 Å². The minimum Gasteiger partial charge on any atom is -0.478 e. The van der Waals surface area contributed by atoms with Crippen LogP contribution < -0.4 is 11.1 Å². The van der Waals surface area contributed by atoms with Gasteiger partial charge in [-0.25, -0.2) is 4.79 Å². The number of benzene rings is 1. The van der Waals surface area contributed by atoms with Crippen LogP contribution in [0.1, 0.15) is 30.6 Å². The summed E-state index contributed by atoms with van der Waals surface area (Å²) in [6, 6.07) is 3.99. The summed E-state index contributed by atoms with van der Waals surface area (Å²) in [5, 5.41) is 11.6. The number of nitrogens with two attached hydrogens (primary N) is 1. The van der Waals surface area contributed by atoms with Crippen LogP contribution >= 0.6 is 15.9 Å². The van der Waals surface area contributed by atoms with Crippen LogP contribution in [-0.2, 0) is 4.79 Å². The van der Waals surface area contributed by atoms with Crippen molar-refractivity contribution in [3.8, 4) is 0 Å². The molecule has 0 radical (unpaired) electrons. The fourth-order valence-electron chi connectivity index (χ4n) is 1.62. The number of carboxylic acid groups (broad SMARTS) is 1. The largest absolute Gasteiger partial charge is 0.478 e. The van der Waals surface area contributed by atoms with Crippen molar-refractivity contribution in [3.05, 3.63) is 28.2 Å². The predicted molar refractivity (Wildman–Crippen MR) is 77.2 cm³/mol. The van der Waals surface area contributed by atoms with Gasteiger partial charge >= 0.3 is 5.97 Å². The Morgan fingerprint density at radius 1 is 1.42 bits per heavy atom. The van der Waals surface area contributed by atoms with Crippen molar-refractivity contribution < 1.29 is 14.7 Å². The first kappa shape index (κ1) is 15.7. The Morgan fingerprint density at radius 3 is 2.58 bits per heavy atom. The van der Waals surface area contributed by atoms with Crippen LogP contribution in [0.3, 0.4) is 0 Å². The number of carbonyl (C=O) groups is 2. The molecule has 0 aliphatic carbocycles. The third-order valence-corrected chi connectivity index (χ3v) is 3.22. The number of rotatable bonds is 5. The van der Waals surface area contributed by atoms with Gasteiger partial charge in [0.2, 0.25) is 5.91 Å². The Morgan fingerprint density at radius 2 is 2.05 bits per heavy atom. The molecule has 0 spiro atoms. The highest BCUT2D eigenvalue weighted by atomic mass is 79.9. The van der Waals surface area contributed by atoms with E-state index in [9.17, 15) is 9.59 Å². The van der Waals surface area contributed by atoms with Crippen LogP contribution in [-0.4, -0.2) is 23.0 Å². The Bertz CT molecular complexity index is 489. The zero-order valence-electron chi connectivity index (χ0n) is 10.8. The maximum Gasteiger partial charge on any atom is 0.336 e. The summed E-state index contributed by atoms with van der Waals surface area (Å²) in [7, 11) is 0. The second-order valence-electron chi connectivity index (χ2n) is 4.73. The summed E-state index contributed by atoms with van der Waals surface area (Å²) in [4.78, 5) is 22.8. The van der Waals surface area contributed by atoms with Gasteiger partial charge in [0.1, 0.15) is 0 Å². The molecule has 19 heavy (non-hydrogen) atoms. The molecule has 0 heterocycles. The summed E-state index contributed by atoms with van der Waals surface area (Å²) in [5.74, 6) is -1.05. The van der Waals surface area contributed by atoms with E-state index in [4.69, 9.17) is 10.8 Å². The number of carboxylic acids is 1. The van der Waals surface area contributed by atoms with Gasteiger partial charge in [-0.15, -0.1) is 0 Å². The molecule has 0 aromatic heterocycles. The van der Waals surface area contributed by atoms with Gasteiger partial charge in [-0.3, -0.25) is 4.79 Å². The molecule has 0 fully saturated rings. The first-order valence-corrected chi connectivity index (χ1v) is 6.70. The topological polar surface area (TPSA) is 92.4 Å². The van der Waals surface area contributed by atoms with E-state index >= 15 is 0 Å². The lowest BCUT2D eigenvalue weighted by atomic mass is 10.0. The van der Waals surface area contributed by atoms with Crippen LogP contribution in [0.5, 0.6) is 0 Å². The van der Waals surface area contributed by atoms with Gasteiger partial charge < -0.3 is 16.2 Å². The standard InChI is InChI=1S/C13H17BrN2O3/c1-7(2)5-11(15)12(17)16-8-3-4-10(14)9(6-8)13(18)19/h3-4,6-7,11H,5,15H2,1-2H3,(H,16,17)(H,18,19)/t11-/m0/s1. The van der Waals surface area contributed by atoms with Crippen LogP contribution in [0.15, 0.2) is 22.7 Å². The molecule has 5 nitrogen and oxygen atoms in total. The monoisotopic (exact) mass is 328 g/mol.